The largest absolute Gasteiger partial charge is 0.476 e. The van der Waals surface area contributed by atoms with Gasteiger partial charge in [-0.1, -0.05) is 19.1 Å². The van der Waals surface area contributed by atoms with Crippen molar-refractivity contribution >= 4 is 5.97 Å². The van der Waals surface area contributed by atoms with Gasteiger partial charge in [-0.15, -0.1) is 5.10 Å². The van der Waals surface area contributed by atoms with Gasteiger partial charge in [0.1, 0.15) is 0 Å². The second kappa shape index (κ2) is 4.21. The van der Waals surface area contributed by atoms with E-state index in [1.807, 2.05) is 0 Å². The number of hydrogen-bond donors (Lipinski definition) is 1. The zero-order chi connectivity index (χ0) is 10.7. The number of carboxylic acid groups (broad SMARTS) is 1. The van der Waals surface area contributed by atoms with Gasteiger partial charge in [0, 0.05) is 0 Å². The minimum Gasteiger partial charge on any atom is -0.476 e. The van der Waals surface area contributed by atoms with Crippen LogP contribution in [-0.2, 0) is 0 Å². The van der Waals surface area contributed by atoms with Crippen molar-refractivity contribution in [1.29, 1.82) is 0 Å². The van der Waals surface area contributed by atoms with Crippen LogP contribution in [-0.4, -0.2) is 26.1 Å². The molecule has 0 aliphatic heterocycles. The Bertz CT molecular complexity index is 329. The number of aromatic carboxylic acids is 1. The van der Waals surface area contributed by atoms with Gasteiger partial charge in [0.2, 0.25) is 0 Å². The quantitative estimate of drug-likeness (QED) is 0.796. The lowest BCUT2D eigenvalue weighted by molar-refractivity contribution is 0.0689. The zero-order valence-electron chi connectivity index (χ0n) is 8.69. The standard InChI is InChI=1S/C9H15N3O2/c1-4-7(5-2)12-6(3)8(9(13)14)10-11-12/h7H,4-5H2,1-3H3,(H,13,14). The minimum atomic E-state index is -1.01. The molecule has 0 amide bonds. The Kier molecular flexibility index (Phi) is 3.22. The molecular formula is C9H15N3O2. The number of carbonyl (C=O) groups is 1. The first-order valence-corrected chi connectivity index (χ1v) is 4.76. The van der Waals surface area contributed by atoms with Crippen LogP contribution >= 0.6 is 0 Å². The van der Waals surface area contributed by atoms with Crippen molar-refractivity contribution in [3.05, 3.63) is 11.4 Å². The Morgan fingerprint density at radius 3 is 2.43 bits per heavy atom. The molecule has 0 radical (unpaired) electrons. The summed E-state index contributed by atoms with van der Waals surface area (Å²) in [5.41, 5.74) is 0.683. The summed E-state index contributed by atoms with van der Waals surface area (Å²) in [6.45, 7) is 5.84. The van der Waals surface area contributed by atoms with Crippen molar-refractivity contribution < 1.29 is 9.90 Å². The number of rotatable bonds is 4. The van der Waals surface area contributed by atoms with Gasteiger partial charge in [0.05, 0.1) is 11.7 Å². The molecule has 1 aromatic rings. The highest BCUT2D eigenvalue weighted by Gasteiger charge is 2.18. The summed E-state index contributed by atoms with van der Waals surface area (Å²) in [5.74, 6) is -1.01. The van der Waals surface area contributed by atoms with E-state index >= 15 is 0 Å². The molecule has 0 saturated carbocycles. The van der Waals surface area contributed by atoms with Crippen LogP contribution in [0.1, 0.15) is 48.9 Å². The minimum absolute atomic E-state index is 0.0527. The summed E-state index contributed by atoms with van der Waals surface area (Å²) in [6.07, 6.45) is 1.86. The van der Waals surface area contributed by atoms with Crippen LogP contribution in [0, 0.1) is 6.92 Å². The van der Waals surface area contributed by atoms with Gasteiger partial charge in [-0.25, -0.2) is 9.48 Å². The number of aromatic nitrogens is 3. The fourth-order valence-corrected chi connectivity index (χ4v) is 1.52. The van der Waals surface area contributed by atoms with Gasteiger partial charge in [0.25, 0.3) is 0 Å². The normalized spacial score (nSPS) is 10.9. The topological polar surface area (TPSA) is 68.0 Å². The Morgan fingerprint density at radius 1 is 1.50 bits per heavy atom. The van der Waals surface area contributed by atoms with E-state index in [2.05, 4.69) is 24.2 Å². The van der Waals surface area contributed by atoms with E-state index in [4.69, 9.17) is 5.11 Å². The van der Waals surface area contributed by atoms with Crippen molar-refractivity contribution in [2.24, 2.45) is 0 Å². The molecule has 1 heterocycles. The SMILES string of the molecule is CCC(CC)n1nnc(C(=O)O)c1C. The van der Waals surface area contributed by atoms with Crippen LogP contribution in [0.15, 0.2) is 0 Å². The summed E-state index contributed by atoms with van der Waals surface area (Å²) in [4.78, 5) is 10.7. The monoisotopic (exact) mass is 197 g/mol. The number of hydrogen-bond acceptors (Lipinski definition) is 3. The maximum atomic E-state index is 10.7. The maximum Gasteiger partial charge on any atom is 0.358 e. The van der Waals surface area contributed by atoms with E-state index in [1.54, 1.807) is 11.6 Å². The smallest absolute Gasteiger partial charge is 0.358 e. The Labute approximate surface area is 82.7 Å². The van der Waals surface area contributed by atoms with E-state index in [-0.39, 0.29) is 11.7 Å². The third-order valence-electron chi connectivity index (χ3n) is 2.42. The highest BCUT2D eigenvalue weighted by molar-refractivity contribution is 5.86. The lowest BCUT2D eigenvalue weighted by Crippen LogP contribution is -2.11. The van der Waals surface area contributed by atoms with Crippen LogP contribution in [0.5, 0.6) is 0 Å². The molecule has 1 N–H and O–H groups in total. The van der Waals surface area contributed by atoms with Gasteiger partial charge >= 0.3 is 5.97 Å². The average Bonchev–Trinajstić information content (AvgIpc) is 2.51. The highest BCUT2D eigenvalue weighted by atomic mass is 16.4. The first-order chi connectivity index (χ1) is 6.61. The Morgan fingerprint density at radius 2 is 2.07 bits per heavy atom. The molecule has 1 rings (SSSR count). The molecule has 0 saturated heterocycles. The van der Waals surface area contributed by atoms with Crippen molar-refractivity contribution in [1.82, 2.24) is 15.0 Å². The fourth-order valence-electron chi connectivity index (χ4n) is 1.52. The molecule has 5 heteroatoms. The Hall–Kier alpha value is -1.39. The molecule has 0 aromatic carbocycles. The predicted molar refractivity (Wildman–Crippen MR) is 51.3 cm³/mol. The van der Waals surface area contributed by atoms with E-state index in [9.17, 15) is 4.79 Å². The lowest BCUT2D eigenvalue weighted by atomic mass is 10.1. The van der Waals surface area contributed by atoms with E-state index in [0.29, 0.717) is 5.69 Å². The molecule has 0 unspecified atom stereocenters. The first kappa shape index (κ1) is 10.7. The van der Waals surface area contributed by atoms with Crippen LogP contribution in [0.3, 0.4) is 0 Å². The predicted octanol–water partition coefficient (Wildman–Crippen LogP) is 1.65. The van der Waals surface area contributed by atoms with E-state index in [1.165, 1.54) is 0 Å². The number of carboxylic acids is 1. The maximum absolute atomic E-state index is 10.7. The van der Waals surface area contributed by atoms with Crippen molar-refractivity contribution in [2.45, 2.75) is 39.7 Å². The summed E-state index contributed by atoms with van der Waals surface area (Å²) >= 11 is 0. The van der Waals surface area contributed by atoms with Crippen LogP contribution < -0.4 is 0 Å². The third kappa shape index (κ3) is 1.76. The van der Waals surface area contributed by atoms with Crippen LogP contribution in [0.25, 0.3) is 0 Å². The molecule has 0 aliphatic carbocycles. The third-order valence-corrected chi connectivity index (χ3v) is 2.42. The van der Waals surface area contributed by atoms with Crippen molar-refractivity contribution in [2.75, 3.05) is 0 Å². The molecule has 78 valence electrons. The average molecular weight is 197 g/mol. The van der Waals surface area contributed by atoms with Gasteiger partial charge < -0.3 is 5.11 Å². The molecule has 0 bridgehead atoms. The summed E-state index contributed by atoms with van der Waals surface area (Å²) < 4.78 is 1.70. The highest BCUT2D eigenvalue weighted by Crippen LogP contribution is 2.17. The summed E-state index contributed by atoms with van der Waals surface area (Å²) in [6, 6.07) is 0.246. The van der Waals surface area contributed by atoms with Crippen LogP contribution in [0.4, 0.5) is 0 Å². The molecule has 5 nitrogen and oxygen atoms in total. The molecule has 0 spiro atoms. The molecule has 14 heavy (non-hydrogen) atoms. The zero-order valence-corrected chi connectivity index (χ0v) is 8.69. The molecule has 0 atom stereocenters. The van der Waals surface area contributed by atoms with Gasteiger partial charge in [0.15, 0.2) is 5.69 Å². The second-order valence-corrected chi connectivity index (χ2v) is 3.24. The lowest BCUT2D eigenvalue weighted by Gasteiger charge is -2.13. The number of nitrogens with zero attached hydrogens (tertiary/aromatic N) is 3. The fraction of sp³-hybridized carbons (Fsp3) is 0.667. The summed E-state index contributed by atoms with van der Waals surface area (Å²) in [7, 11) is 0. The summed E-state index contributed by atoms with van der Waals surface area (Å²) in [5, 5.41) is 16.3. The first-order valence-electron chi connectivity index (χ1n) is 4.76. The van der Waals surface area contributed by atoms with Gasteiger partial charge in [-0.2, -0.15) is 0 Å². The molecule has 0 fully saturated rings. The van der Waals surface area contributed by atoms with Gasteiger partial charge in [-0.05, 0) is 19.8 Å². The van der Waals surface area contributed by atoms with E-state index in [0.717, 1.165) is 12.8 Å². The van der Waals surface area contributed by atoms with Gasteiger partial charge in [-0.3, -0.25) is 0 Å². The van der Waals surface area contributed by atoms with Crippen molar-refractivity contribution in [3.8, 4) is 0 Å². The molecule has 1 aromatic heterocycles. The van der Waals surface area contributed by atoms with Crippen LogP contribution in [0.2, 0.25) is 0 Å². The van der Waals surface area contributed by atoms with E-state index < -0.39 is 5.97 Å². The Balaban J connectivity index is 3.05. The molecular weight excluding hydrogens is 182 g/mol. The van der Waals surface area contributed by atoms with Crippen molar-refractivity contribution in [3.63, 3.8) is 0 Å². The second-order valence-electron chi connectivity index (χ2n) is 3.24. The molecule has 0 aliphatic rings.